The smallest absolute Gasteiger partial charge is 0.303 e. The van der Waals surface area contributed by atoms with Gasteiger partial charge in [0.15, 0.2) is 6.61 Å². The molecule has 8 heteroatoms. The summed E-state index contributed by atoms with van der Waals surface area (Å²) in [4.78, 5) is 33.8. The molecule has 1 heterocycles. The van der Waals surface area contributed by atoms with Crippen molar-refractivity contribution in [3.63, 3.8) is 0 Å². The van der Waals surface area contributed by atoms with Crippen LogP contribution < -0.4 is 4.74 Å². The SMILES string of the molecule is O=C(O)CC1CN(C(=O)COc2cccc([N+](=O)[O-])c2)C1. The lowest BCUT2D eigenvalue weighted by atomic mass is 9.96. The number of amides is 1. The van der Waals surface area contributed by atoms with Gasteiger partial charge >= 0.3 is 5.97 Å². The van der Waals surface area contributed by atoms with Gasteiger partial charge in [0.2, 0.25) is 0 Å². The summed E-state index contributed by atoms with van der Waals surface area (Å²) in [6, 6.07) is 5.59. The van der Waals surface area contributed by atoms with Gasteiger partial charge in [-0.25, -0.2) is 0 Å². The minimum absolute atomic E-state index is 0.00994. The molecule has 0 spiro atoms. The van der Waals surface area contributed by atoms with E-state index in [0.29, 0.717) is 13.1 Å². The average molecular weight is 294 g/mol. The molecule has 1 aromatic carbocycles. The lowest BCUT2D eigenvalue weighted by Crippen LogP contribution is -2.52. The summed E-state index contributed by atoms with van der Waals surface area (Å²) >= 11 is 0. The molecule has 8 nitrogen and oxygen atoms in total. The molecule has 0 atom stereocenters. The monoisotopic (exact) mass is 294 g/mol. The van der Waals surface area contributed by atoms with Crippen molar-refractivity contribution in [2.75, 3.05) is 19.7 Å². The average Bonchev–Trinajstić information content (AvgIpc) is 2.39. The molecular formula is C13H14N2O6. The molecule has 0 bridgehead atoms. The van der Waals surface area contributed by atoms with Crippen LogP contribution in [0.1, 0.15) is 6.42 Å². The summed E-state index contributed by atoms with van der Waals surface area (Å²) < 4.78 is 5.22. The first-order valence-corrected chi connectivity index (χ1v) is 6.32. The normalized spacial score (nSPS) is 14.4. The van der Waals surface area contributed by atoms with E-state index in [1.165, 1.54) is 29.2 Å². The van der Waals surface area contributed by atoms with E-state index >= 15 is 0 Å². The maximum Gasteiger partial charge on any atom is 0.303 e. The summed E-state index contributed by atoms with van der Waals surface area (Å²) in [5.74, 6) is -0.896. The fourth-order valence-electron chi connectivity index (χ4n) is 2.07. The molecule has 1 N–H and O–H groups in total. The fraction of sp³-hybridized carbons (Fsp3) is 0.385. The molecule has 21 heavy (non-hydrogen) atoms. The van der Waals surface area contributed by atoms with Crippen molar-refractivity contribution in [3.8, 4) is 5.75 Å². The highest BCUT2D eigenvalue weighted by molar-refractivity contribution is 5.79. The second-order valence-electron chi connectivity index (χ2n) is 4.81. The second kappa shape index (κ2) is 6.21. The van der Waals surface area contributed by atoms with Gasteiger partial charge in [-0.2, -0.15) is 0 Å². The van der Waals surface area contributed by atoms with Crippen molar-refractivity contribution in [1.29, 1.82) is 0 Å². The number of carboxylic acids is 1. The Hall–Kier alpha value is -2.64. The van der Waals surface area contributed by atoms with E-state index in [1.807, 2.05) is 0 Å². The molecule has 1 saturated heterocycles. The Morgan fingerprint density at radius 1 is 1.43 bits per heavy atom. The number of aliphatic carboxylic acids is 1. The van der Waals surface area contributed by atoms with Crippen LogP contribution in [0.25, 0.3) is 0 Å². The molecule has 112 valence electrons. The molecule has 0 aromatic heterocycles. The molecule has 0 unspecified atom stereocenters. The van der Waals surface area contributed by atoms with Crippen molar-refractivity contribution in [1.82, 2.24) is 4.90 Å². The van der Waals surface area contributed by atoms with Crippen LogP contribution in [0.2, 0.25) is 0 Å². The molecule has 0 saturated carbocycles. The summed E-state index contributed by atoms with van der Waals surface area (Å²) in [6.07, 6.45) is 0.0511. The van der Waals surface area contributed by atoms with E-state index < -0.39 is 10.9 Å². The minimum Gasteiger partial charge on any atom is -0.484 e. The number of carboxylic acid groups (broad SMARTS) is 1. The van der Waals surface area contributed by atoms with E-state index in [-0.39, 0.29) is 36.3 Å². The number of benzene rings is 1. The first kappa shape index (κ1) is 14.8. The zero-order valence-electron chi connectivity index (χ0n) is 11.1. The predicted molar refractivity (Wildman–Crippen MR) is 70.9 cm³/mol. The van der Waals surface area contributed by atoms with Crippen LogP contribution in [0, 0.1) is 16.0 Å². The lowest BCUT2D eigenvalue weighted by Gasteiger charge is -2.38. The Labute approximate surface area is 120 Å². The van der Waals surface area contributed by atoms with Gasteiger partial charge in [-0.05, 0) is 6.07 Å². The van der Waals surface area contributed by atoms with E-state index in [2.05, 4.69) is 0 Å². The van der Waals surface area contributed by atoms with Crippen molar-refractivity contribution < 1.29 is 24.4 Å². The van der Waals surface area contributed by atoms with Gasteiger partial charge in [-0.15, -0.1) is 0 Å². The fourth-order valence-corrected chi connectivity index (χ4v) is 2.07. The van der Waals surface area contributed by atoms with E-state index in [0.717, 1.165) is 0 Å². The first-order valence-electron chi connectivity index (χ1n) is 6.32. The van der Waals surface area contributed by atoms with Crippen molar-refractivity contribution in [2.45, 2.75) is 6.42 Å². The first-order chi connectivity index (χ1) is 9.95. The third kappa shape index (κ3) is 3.91. The summed E-state index contributed by atoms with van der Waals surface area (Å²) in [5, 5.41) is 19.2. The molecule has 1 fully saturated rings. The molecule has 2 rings (SSSR count). The lowest BCUT2D eigenvalue weighted by molar-refractivity contribution is -0.384. The second-order valence-corrected chi connectivity index (χ2v) is 4.81. The Balaban J connectivity index is 1.79. The molecule has 1 aliphatic rings. The predicted octanol–water partition coefficient (Wildman–Crippen LogP) is 0.907. The van der Waals surface area contributed by atoms with Crippen LogP contribution in [-0.2, 0) is 9.59 Å². The van der Waals surface area contributed by atoms with Crippen molar-refractivity contribution >= 4 is 17.6 Å². The highest BCUT2D eigenvalue weighted by Gasteiger charge is 2.32. The van der Waals surface area contributed by atoms with Crippen LogP contribution in [0.15, 0.2) is 24.3 Å². The number of rotatable bonds is 6. The third-order valence-corrected chi connectivity index (χ3v) is 3.16. The van der Waals surface area contributed by atoms with Gasteiger partial charge in [0.05, 0.1) is 17.4 Å². The van der Waals surface area contributed by atoms with Crippen molar-refractivity contribution in [2.24, 2.45) is 5.92 Å². The Kier molecular flexibility index (Phi) is 4.36. The maximum atomic E-state index is 11.8. The standard InChI is InChI=1S/C13H14N2O6/c16-12(14-6-9(7-14)4-13(17)18)8-21-11-3-1-2-10(5-11)15(19)20/h1-3,5,9H,4,6-8H2,(H,17,18). The van der Waals surface area contributed by atoms with E-state index in [4.69, 9.17) is 9.84 Å². The number of hydrogen-bond acceptors (Lipinski definition) is 5. The third-order valence-electron chi connectivity index (χ3n) is 3.16. The summed E-state index contributed by atoms with van der Waals surface area (Å²) in [6.45, 7) is 0.591. The van der Waals surface area contributed by atoms with Gasteiger partial charge in [-0.3, -0.25) is 19.7 Å². The Morgan fingerprint density at radius 3 is 2.76 bits per heavy atom. The van der Waals surface area contributed by atoms with Crippen LogP contribution >= 0.6 is 0 Å². The number of non-ortho nitro benzene ring substituents is 1. The molecule has 0 aliphatic carbocycles. The zero-order chi connectivity index (χ0) is 15.4. The van der Waals surface area contributed by atoms with Crippen LogP contribution in [0.5, 0.6) is 5.75 Å². The highest BCUT2D eigenvalue weighted by Crippen LogP contribution is 2.21. The summed E-state index contributed by atoms with van der Waals surface area (Å²) in [7, 11) is 0. The molecule has 1 amide bonds. The van der Waals surface area contributed by atoms with E-state index in [9.17, 15) is 19.7 Å². The van der Waals surface area contributed by atoms with Gasteiger partial charge in [0, 0.05) is 25.1 Å². The molecule has 1 aromatic rings. The van der Waals surface area contributed by atoms with E-state index in [1.54, 1.807) is 0 Å². The number of carbonyl (C=O) groups is 2. The topological polar surface area (TPSA) is 110 Å². The number of carbonyl (C=O) groups excluding carboxylic acids is 1. The Bertz CT molecular complexity index is 568. The number of nitro benzene ring substituents is 1. The maximum absolute atomic E-state index is 11.8. The van der Waals surface area contributed by atoms with Crippen LogP contribution in [-0.4, -0.2) is 46.5 Å². The van der Waals surface area contributed by atoms with Gasteiger partial charge in [0.25, 0.3) is 11.6 Å². The number of nitrogens with zero attached hydrogens (tertiary/aromatic N) is 2. The van der Waals surface area contributed by atoms with Crippen LogP contribution in [0.4, 0.5) is 5.69 Å². The zero-order valence-corrected chi connectivity index (χ0v) is 11.1. The number of nitro groups is 1. The quantitative estimate of drug-likeness (QED) is 0.616. The Morgan fingerprint density at radius 2 is 2.14 bits per heavy atom. The summed E-state index contributed by atoms with van der Waals surface area (Å²) in [5.41, 5.74) is -0.106. The van der Waals surface area contributed by atoms with Gasteiger partial charge in [-0.1, -0.05) is 6.07 Å². The number of hydrogen-bond donors (Lipinski definition) is 1. The van der Waals surface area contributed by atoms with Crippen molar-refractivity contribution in [3.05, 3.63) is 34.4 Å². The molecule has 0 radical (unpaired) electrons. The number of likely N-dealkylation sites (tertiary alicyclic amines) is 1. The minimum atomic E-state index is -0.875. The largest absolute Gasteiger partial charge is 0.484 e. The van der Waals surface area contributed by atoms with Gasteiger partial charge < -0.3 is 14.7 Å². The molecule has 1 aliphatic heterocycles. The highest BCUT2D eigenvalue weighted by atomic mass is 16.6. The van der Waals surface area contributed by atoms with Gasteiger partial charge in [0.1, 0.15) is 5.75 Å². The molecular weight excluding hydrogens is 280 g/mol. The van der Waals surface area contributed by atoms with Crippen LogP contribution in [0.3, 0.4) is 0 Å². The number of ether oxygens (including phenoxy) is 1.